The van der Waals surface area contributed by atoms with Crippen molar-refractivity contribution in [2.75, 3.05) is 11.9 Å². The maximum absolute atomic E-state index is 11.4. The van der Waals surface area contributed by atoms with Crippen LogP contribution in [0.1, 0.15) is 17.5 Å². The van der Waals surface area contributed by atoms with Gasteiger partial charge in [0.25, 0.3) is 0 Å². The number of aryl methyl sites for hydroxylation is 1. The number of nitrogens with one attached hydrogen (secondary N) is 2. The Labute approximate surface area is 208 Å². The highest BCUT2D eigenvalue weighted by Gasteiger charge is 2.38. The van der Waals surface area contributed by atoms with Crippen LogP contribution in [-0.2, 0) is 4.79 Å². The topological polar surface area (TPSA) is 122 Å². The van der Waals surface area contributed by atoms with Gasteiger partial charge in [0, 0.05) is 29.6 Å². The number of aliphatic hydroxyl groups is 1. The molecule has 8 heteroatoms. The quantitative estimate of drug-likeness (QED) is 0.324. The van der Waals surface area contributed by atoms with Crippen molar-refractivity contribution in [3.05, 3.63) is 84.2 Å². The third-order valence-corrected chi connectivity index (χ3v) is 6.01. The first kappa shape index (κ1) is 23.3. The Morgan fingerprint density at radius 2 is 2.00 bits per heavy atom. The number of amides is 1. The largest absolute Gasteiger partial charge is 0.457 e. The minimum Gasteiger partial charge on any atom is -0.457 e. The van der Waals surface area contributed by atoms with Crippen LogP contribution >= 0.6 is 0 Å². The number of hydrogen-bond acceptors (Lipinski definition) is 7. The molecule has 0 bridgehead atoms. The molecule has 0 spiro atoms. The summed E-state index contributed by atoms with van der Waals surface area (Å²) >= 11 is 0. The minimum absolute atomic E-state index is 0.155. The van der Waals surface area contributed by atoms with Gasteiger partial charge in [0.2, 0.25) is 5.91 Å². The molecule has 1 aliphatic heterocycles. The number of anilines is 2. The standard InChI is InChI=1S/C28H25N5O3/c1-18-13-20(8-10-25(18)36-21-5-3-2-4-6-21)33-27-22-14-19(7-9-23(22)31-17-32-27)11-12-28(35)15-24(26(29)34)30-16-28/h2-10,13-14,17,24,30,35H,15-16H2,1H3,(H2,29,34)(H,31,32,33). The summed E-state index contributed by atoms with van der Waals surface area (Å²) in [5, 5.41) is 17.7. The van der Waals surface area contributed by atoms with E-state index in [2.05, 4.69) is 32.4 Å². The van der Waals surface area contributed by atoms with Crippen LogP contribution in [0.25, 0.3) is 10.9 Å². The Morgan fingerprint density at radius 3 is 2.75 bits per heavy atom. The molecule has 0 saturated carbocycles. The zero-order valence-corrected chi connectivity index (χ0v) is 19.7. The summed E-state index contributed by atoms with van der Waals surface area (Å²) in [6, 6.07) is 20.5. The zero-order valence-electron chi connectivity index (χ0n) is 19.7. The molecule has 3 aromatic carbocycles. The van der Waals surface area contributed by atoms with Gasteiger partial charge in [-0.2, -0.15) is 0 Å². The molecular formula is C28H25N5O3. The van der Waals surface area contributed by atoms with Crippen LogP contribution in [0, 0.1) is 18.8 Å². The number of fused-ring (bicyclic) bond motifs is 1. The molecule has 1 fully saturated rings. The van der Waals surface area contributed by atoms with E-state index in [0.29, 0.717) is 11.4 Å². The first-order valence-corrected chi connectivity index (χ1v) is 11.5. The van der Waals surface area contributed by atoms with Crippen molar-refractivity contribution < 1.29 is 14.6 Å². The van der Waals surface area contributed by atoms with E-state index in [1.165, 1.54) is 6.33 Å². The lowest BCUT2D eigenvalue weighted by atomic mass is 10.00. The number of nitrogens with zero attached hydrogens (tertiary/aromatic N) is 2. The number of carbonyl (C=O) groups is 1. The molecule has 2 unspecified atom stereocenters. The van der Waals surface area contributed by atoms with Crippen molar-refractivity contribution in [1.82, 2.24) is 15.3 Å². The Bertz CT molecular complexity index is 1500. The Kier molecular flexibility index (Phi) is 6.25. The van der Waals surface area contributed by atoms with Crippen molar-refractivity contribution in [3.8, 4) is 23.3 Å². The number of primary amides is 1. The fraction of sp³-hybridized carbons (Fsp3) is 0.179. The second-order valence-corrected chi connectivity index (χ2v) is 8.80. The van der Waals surface area contributed by atoms with Crippen LogP contribution in [-0.4, -0.2) is 39.2 Å². The van der Waals surface area contributed by atoms with Gasteiger partial charge in [-0.25, -0.2) is 9.97 Å². The molecule has 4 aromatic rings. The monoisotopic (exact) mass is 479 g/mol. The van der Waals surface area contributed by atoms with E-state index >= 15 is 0 Å². The molecule has 1 aromatic heterocycles. The van der Waals surface area contributed by atoms with Crippen LogP contribution in [0.5, 0.6) is 11.5 Å². The number of β-amino-alcohol motifs (C(OH)–C–C–N with tert-alkyl or cyclic N) is 1. The smallest absolute Gasteiger partial charge is 0.234 e. The molecule has 1 amide bonds. The summed E-state index contributed by atoms with van der Waals surface area (Å²) in [6.45, 7) is 2.17. The summed E-state index contributed by atoms with van der Waals surface area (Å²) < 4.78 is 5.98. The van der Waals surface area contributed by atoms with Gasteiger partial charge in [-0.15, -0.1) is 0 Å². The molecule has 5 N–H and O–H groups in total. The molecule has 2 heterocycles. The van der Waals surface area contributed by atoms with Crippen LogP contribution < -0.4 is 21.1 Å². The van der Waals surface area contributed by atoms with Gasteiger partial charge in [-0.3, -0.25) is 4.79 Å². The van der Waals surface area contributed by atoms with Gasteiger partial charge in [0.1, 0.15) is 29.2 Å². The normalized spacial score (nSPS) is 18.9. The van der Waals surface area contributed by atoms with Crippen LogP contribution in [0.4, 0.5) is 11.5 Å². The maximum Gasteiger partial charge on any atom is 0.234 e. The summed E-state index contributed by atoms with van der Waals surface area (Å²) in [6.07, 6.45) is 1.66. The van der Waals surface area contributed by atoms with Gasteiger partial charge < -0.3 is 26.2 Å². The fourth-order valence-corrected chi connectivity index (χ4v) is 4.09. The number of rotatable bonds is 5. The maximum atomic E-state index is 11.4. The van der Waals surface area contributed by atoms with Gasteiger partial charge >= 0.3 is 0 Å². The van der Waals surface area contributed by atoms with Crippen molar-refractivity contribution in [2.24, 2.45) is 5.73 Å². The average molecular weight is 480 g/mol. The molecule has 1 saturated heterocycles. The zero-order chi connectivity index (χ0) is 25.1. The molecule has 180 valence electrons. The second-order valence-electron chi connectivity index (χ2n) is 8.80. The van der Waals surface area contributed by atoms with Gasteiger partial charge in [-0.05, 0) is 61.0 Å². The summed E-state index contributed by atoms with van der Waals surface area (Å²) in [5.74, 6) is 7.59. The summed E-state index contributed by atoms with van der Waals surface area (Å²) in [7, 11) is 0. The number of aromatic nitrogens is 2. The predicted octanol–water partition coefficient (Wildman–Crippen LogP) is 3.40. The molecule has 36 heavy (non-hydrogen) atoms. The van der Waals surface area contributed by atoms with Crippen molar-refractivity contribution in [2.45, 2.75) is 25.0 Å². The van der Waals surface area contributed by atoms with E-state index < -0.39 is 17.6 Å². The SMILES string of the molecule is Cc1cc(Nc2ncnc3ccc(C#CC4(O)CNC(C(N)=O)C4)cc23)ccc1Oc1ccccc1. The second kappa shape index (κ2) is 9.66. The van der Waals surface area contributed by atoms with E-state index in [-0.39, 0.29) is 13.0 Å². The Morgan fingerprint density at radius 1 is 1.17 bits per heavy atom. The molecule has 1 aliphatic rings. The van der Waals surface area contributed by atoms with Crippen LogP contribution in [0.15, 0.2) is 73.1 Å². The third-order valence-electron chi connectivity index (χ3n) is 6.01. The van der Waals surface area contributed by atoms with E-state index in [0.717, 1.165) is 33.7 Å². The van der Waals surface area contributed by atoms with Gasteiger partial charge in [0.15, 0.2) is 0 Å². The number of ether oxygens (including phenoxy) is 1. The number of benzene rings is 3. The number of hydrogen-bond donors (Lipinski definition) is 4. The summed E-state index contributed by atoms with van der Waals surface area (Å²) in [4.78, 5) is 20.2. The van der Waals surface area contributed by atoms with Crippen molar-refractivity contribution >= 4 is 28.3 Å². The van der Waals surface area contributed by atoms with Gasteiger partial charge in [-0.1, -0.05) is 30.0 Å². The highest BCUT2D eigenvalue weighted by Crippen LogP contribution is 2.30. The molecule has 0 aliphatic carbocycles. The van der Waals surface area contributed by atoms with E-state index in [1.807, 2.05) is 73.7 Å². The lowest BCUT2D eigenvalue weighted by Crippen LogP contribution is -2.36. The highest BCUT2D eigenvalue weighted by molar-refractivity contribution is 5.91. The Hall–Kier alpha value is -4.45. The fourth-order valence-electron chi connectivity index (χ4n) is 4.09. The lowest BCUT2D eigenvalue weighted by Gasteiger charge is -2.13. The van der Waals surface area contributed by atoms with E-state index in [4.69, 9.17) is 10.5 Å². The van der Waals surface area contributed by atoms with E-state index in [9.17, 15) is 9.90 Å². The highest BCUT2D eigenvalue weighted by atomic mass is 16.5. The van der Waals surface area contributed by atoms with Crippen LogP contribution in [0.3, 0.4) is 0 Å². The summed E-state index contributed by atoms with van der Waals surface area (Å²) in [5.41, 5.74) is 7.30. The molecule has 0 radical (unpaired) electrons. The number of carbonyl (C=O) groups excluding carboxylic acids is 1. The van der Waals surface area contributed by atoms with E-state index in [1.54, 1.807) is 0 Å². The number of nitrogens with two attached hydrogens (primary N) is 1. The average Bonchev–Trinajstić information content (AvgIpc) is 3.28. The number of para-hydroxylation sites is 1. The lowest BCUT2D eigenvalue weighted by molar-refractivity contribution is -0.119. The molecule has 8 nitrogen and oxygen atoms in total. The molecular weight excluding hydrogens is 454 g/mol. The first-order valence-electron chi connectivity index (χ1n) is 11.5. The molecule has 2 atom stereocenters. The predicted molar refractivity (Wildman–Crippen MR) is 138 cm³/mol. The Balaban J connectivity index is 1.38. The minimum atomic E-state index is -1.32. The van der Waals surface area contributed by atoms with Crippen molar-refractivity contribution in [1.29, 1.82) is 0 Å². The van der Waals surface area contributed by atoms with Gasteiger partial charge in [0.05, 0.1) is 11.6 Å². The van der Waals surface area contributed by atoms with Crippen LogP contribution in [0.2, 0.25) is 0 Å². The first-order chi connectivity index (χ1) is 17.4. The molecule has 5 rings (SSSR count). The van der Waals surface area contributed by atoms with Crippen molar-refractivity contribution in [3.63, 3.8) is 0 Å². The third kappa shape index (κ3) is 5.13.